The van der Waals surface area contributed by atoms with E-state index in [0.29, 0.717) is 0 Å². The number of hydrogen-bond acceptors (Lipinski definition) is 3. The molecule has 0 saturated carbocycles. The molecule has 2 aromatic rings. The molecule has 1 N–H and O–H groups in total. The molecule has 0 atom stereocenters. The number of ether oxygens (including phenoxy) is 1. The number of halogens is 1. The minimum Gasteiger partial charge on any atom is -0.496 e. The molecule has 1 aromatic heterocycles. The molecule has 0 saturated heterocycles. The molecule has 94 valence electrons. The molecular formula is C14H15BrN2O. The van der Waals surface area contributed by atoms with E-state index in [-0.39, 0.29) is 0 Å². The zero-order valence-corrected chi connectivity index (χ0v) is 11.8. The SMILES string of the molecule is COc1ccc(CNCc2ccccn2)cc1Br. The Labute approximate surface area is 115 Å². The molecule has 0 bridgehead atoms. The van der Waals surface area contributed by atoms with Crippen LogP contribution in [0.2, 0.25) is 0 Å². The number of aromatic nitrogens is 1. The first kappa shape index (κ1) is 13.1. The molecule has 0 radical (unpaired) electrons. The maximum Gasteiger partial charge on any atom is 0.133 e. The van der Waals surface area contributed by atoms with Crippen molar-refractivity contribution >= 4 is 15.9 Å². The molecule has 0 aliphatic carbocycles. The zero-order valence-electron chi connectivity index (χ0n) is 10.2. The summed E-state index contributed by atoms with van der Waals surface area (Å²) in [6.45, 7) is 1.57. The topological polar surface area (TPSA) is 34.1 Å². The van der Waals surface area contributed by atoms with Crippen LogP contribution in [0.4, 0.5) is 0 Å². The van der Waals surface area contributed by atoms with Gasteiger partial charge in [0.15, 0.2) is 0 Å². The van der Waals surface area contributed by atoms with Crippen LogP contribution < -0.4 is 10.1 Å². The van der Waals surface area contributed by atoms with E-state index in [0.717, 1.165) is 29.0 Å². The quantitative estimate of drug-likeness (QED) is 0.921. The Hall–Kier alpha value is -1.39. The smallest absolute Gasteiger partial charge is 0.133 e. The minimum atomic E-state index is 0.768. The standard InChI is InChI=1S/C14H15BrN2O/c1-18-14-6-5-11(8-13(14)15)9-16-10-12-4-2-3-7-17-12/h2-8,16H,9-10H2,1H3. The summed E-state index contributed by atoms with van der Waals surface area (Å²) >= 11 is 3.48. The highest BCUT2D eigenvalue weighted by Crippen LogP contribution is 2.25. The van der Waals surface area contributed by atoms with Crippen LogP contribution in [0, 0.1) is 0 Å². The van der Waals surface area contributed by atoms with E-state index in [1.165, 1.54) is 5.56 Å². The molecule has 1 heterocycles. The van der Waals surface area contributed by atoms with Gasteiger partial charge in [-0.2, -0.15) is 0 Å². The minimum absolute atomic E-state index is 0.768. The van der Waals surface area contributed by atoms with Crippen molar-refractivity contribution in [3.8, 4) is 5.75 Å². The molecule has 2 rings (SSSR count). The Morgan fingerprint density at radius 1 is 1.22 bits per heavy atom. The van der Waals surface area contributed by atoms with E-state index in [9.17, 15) is 0 Å². The predicted octanol–water partition coefficient (Wildman–Crippen LogP) is 3.14. The van der Waals surface area contributed by atoms with Crippen molar-refractivity contribution in [3.63, 3.8) is 0 Å². The van der Waals surface area contributed by atoms with E-state index < -0.39 is 0 Å². The van der Waals surface area contributed by atoms with Crippen LogP contribution in [-0.4, -0.2) is 12.1 Å². The third-order valence-corrected chi connectivity index (χ3v) is 3.20. The van der Waals surface area contributed by atoms with Gasteiger partial charge in [-0.3, -0.25) is 4.98 Å². The molecule has 4 heteroatoms. The average Bonchev–Trinajstić information content (AvgIpc) is 2.40. The fraction of sp³-hybridized carbons (Fsp3) is 0.214. The van der Waals surface area contributed by atoms with Gasteiger partial charge in [0.1, 0.15) is 5.75 Å². The second-order valence-corrected chi connectivity index (χ2v) is 4.75. The number of rotatable bonds is 5. The maximum absolute atomic E-state index is 5.20. The van der Waals surface area contributed by atoms with Gasteiger partial charge in [0, 0.05) is 19.3 Å². The number of nitrogens with one attached hydrogen (secondary N) is 1. The lowest BCUT2D eigenvalue weighted by molar-refractivity contribution is 0.412. The summed E-state index contributed by atoms with van der Waals surface area (Å²) in [5.41, 5.74) is 2.25. The second-order valence-electron chi connectivity index (χ2n) is 3.89. The molecule has 0 aliphatic rings. The number of methoxy groups -OCH3 is 1. The summed E-state index contributed by atoms with van der Waals surface area (Å²) in [6.07, 6.45) is 1.81. The Morgan fingerprint density at radius 2 is 2.11 bits per heavy atom. The molecular weight excluding hydrogens is 292 g/mol. The van der Waals surface area contributed by atoms with Crippen LogP contribution in [0.15, 0.2) is 47.1 Å². The van der Waals surface area contributed by atoms with Crippen LogP contribution >= 0.6 is 15.9 Å². The molecule has 0 fully saturated rings. The van der Waals surface area contributed by atoms with E-state index in [4.69, 9.17) is 4.74 Å². The summed E-state index contributed by atoms with van der Waals surface area (Å²) in [7, 11) is 1.67. The molecule has 0 aliphatic heterocycles. The average molecular weight is 307 g/mol. The Morgan fingerprint density at radius 3 is 2.78 bits per heavy atom. The Balaban J connectivity index is 1.89. The van der Waals surface area contributed by atoms with Gasteiger partial charge >= 0.3 is 0 Å². The zero-order chi connectivity index (χ0) is 12.8. The largest absolute Gasteiger partial charge is 0.496 e. The van der Waals surface area contributed by atoms with Gasteiger partial charge in [-0.05, 0) is 45.8 Å². The predicted molar refractivity (Wildman–Crippen MR) is 75.5 cm³/mol. The summed E-state index contributed by atoms with van der Waals surface area (Å²) in [5.74, 6) is 0.850. The molecule has 3 nitrogen and oxygen atoms in total. The first-order valence-corrected chi connectivity index (χ1v) is 6.52. The van der Waals surface area contributed by atoms with Gasteiger partial charge in [0.25, 0.3) is 0 Å². The van der Waals surface area contributed by atoms with E-state index >= 15 is 0 Å². The van der Waals surface area contributed by atoms with Crippen LogP contribution in [0.3, 0.4) is 0 Å². The highest BCUT2D eigenvalue weighted by molar-refractivity contribution is 9.10. The van der Waals surface area contributed by atoms with Crippen molar-refractivity contribution in [2.24, 2.45) is 0 Å². The first-order valence-electron chi connectivity index (χ1n) is 5.72. The van der Waals surface area contributed by atoms with Crippen LogP contribution in [0.1, 0.15) is 11.3 Å². The Bertz CT molecular complexity index is 502. The lowest BCUT2D eigenvalue weighted by Gasteiger charge is -2.07. The number of nitrogens with zero attached hydrogens (tertiary/aromatic N) is 1. The van der Waals surface area contributed by atoms with Gasteiger partial charge in [-0.1, -0.05) is 12.1 Å². The van der Waals surface area contributed by atoms with Crippen LogP contribution in [0.5, 0.6) is 5.75 Å². The molecule has 0 spiro atoms. The van der Waals surface area contributed by atoms with Crippen molar-refractivity contribution < 1.29 is 4.74 Å². The van der Waals surface area contributed by atoms with Crippen molar-refractivity contribution in [2.45, 2.75) is 13.1 Å². The monoisotopic (exact) mass is 306 g/mol. The summed E-state index contributed by atoms with van der Waals surface area (Å²) < 4.78 is 6.17. The number of pyridine rings is 1. The highest BCUT2D eigenvalue weighted by Gasteiger charge is 2.01. The fourth-order valence-electron chi connectivity index (χ4n) is 1.66. The second kappa shape index (κ2) is 6.52. The molecule has 0 amide bonds. The van der Waals surface area contributed by atoms with Gasteiger partial charge in [0.05, 0.1) is 17.3 Å². The lowest BCUT2D eigenvalue weighted by Crippen LogP contribution is -2.13. The number of benzene rings is 1. The van der Waals surface area contributed by atoms with E-state index in [1.807, 2.05) is 24.3 Å². The molecule has 0 unspecified atom stereocenters. The van der Waals surface area contributed by atoms with Gasteiger partial charge < -0.3 is 10.1 Å². The maximum atomic E-state index is 5.20. The van der Waals surface area contributed by atoms with Gasteiger partial charge in [0.2, 0.25) is 0 Å². The van der Waals surface area contributed by atoms with Gasteiger partial charge in [-0.15, -0.1) is 0 Å². The van der Waals surface area contributed by atoms with Crippen molar-refractivity contribution in [1.82, 2.24) is 10.3 Å². The van der Waals surface area contributed by atoms with Crippen LogP contribution in [0.25, 0.3) is 0 Å². The lowest BCUT2D eigenvalue weighted by atomic mass is 10.2. The summed E-state index contributed by atoms with van der Waals surface area (Å²) in [6, 6.07) is 12.0. The first-order chi connectivity index (χ1) is 8.79. The normalized spacial score (nSPS) is 10.3. The van der Waals surface area contributed by atoms with E-state index in [2.05, 4.69) is 38.4 Å². The van der Waals surface area contributed by atoms with Crippen molar-refractivity contribution in [2.75, 3.05) is 7.11 Å². The van der Waals surface area contributed by atoms with Gasteiger partial charge in [-0.25, -0.2) is 0 Å². The Kier molecular flexibility index (Phi) is 4.73. The molecule has 1 aromatic carbocycles. The summed E-state index contributed by atoms with van der Waals surface area (Å²) in [4.78, 5) is 4.26. The van der Waals surface area contributed by atoms with Crippen molar-refractivity contribution in [1.29, 1.82) is 0 Å². The third kappa shape index (κ3) is 3.55. The van der Waals surface area contributed by atoms with E-state index in [1.54, 1.807) is 13.3 Å². The highest BCUT2D eigenvalue weighted by atomic mass is 79.9. The fourth-order valence-corrected chi connectivity index (χ4v) is 2.25. The van der Waals surface area contributed by atoms with Crippen molar-refractivity contribution in [3.05, 3.63) is 58.3 Å². The summed E-state index contributed by atoms with van der Waals surface area (Å²) in [5, 5.41) is 3.36. The number of hydrogen-bond donors (Lipinski definition) is 1. The third-order valence-electron chi connectivity index (χ3n) is 2.58. The molecule has 18 heavy (non-hydrogen) atoms. The van der Waals surface area contributed by atoms with Crippen LogP contribution in [-0.2, 0) is 13.1 Å².